The van der Waals surface area contributed by atoms with Gasteiger partial charge in [-0.2, -0.15) is 0 Å². The highest BCUT2D eigenvalue weighted by atomic mass is 14.9. The van der Waals surface area contributed by atoms with E-state index in [1.165, 1.54) is 16.7 Å². The first-order valence-electron chi connectivity index (χ1n) is 7.84. The maximum atomic E-state index is 4.54. The Hall–Kier alpha value is -1.67. The fourth-order valence-corrected chi connectivity index (χ4v) is 2.89. The van der Waals surface area contributed by atoms with E-state index in [0.717, 1.165) is 18.7 Å². The predicted molar refractivity (Wildman–Crippen MR) is 89.6 cm³/mol. The molecule has 2 nitrogen and oxygen atoms in total. The highest BCUT2D eigenvalue weighted by Crippen LogP contribution is 2.30. The van der Waals surface area contributed by atoms with Crippen LogP contribution in [0.1, 0.15) is 54.6 Å². The van der Waals surface area contributed by atoms with Crippen LogP contribution in [0.5, 0.6) is 0 Å². The van der Waals surface area contributed by atoms with E-state index in [0.29, 0.717) is 12.0 Å². The number of aryl methyl sites for hydroxylation is 2. The first kappa shape index (κ1) is 15.7. The molecule has 2 heteroatoms. The maximum Gasteiger partial charge on any atom is 0.0450 e. The molecular weight excluding hydrogens is 256 g/mol. The number of hydrogen-bond acceptors (Lipinski definition) is 2. The molecule has 0 aliphatic carbocycles. The number of hydrogen-bond donors (Lipinski definition) is 1. The van der Waals surface area contributed by atoms with E-state index < -0.39 is 0 Å². The average Bonchev–Trinajstić information content (AvgIpc) is 2.47. The zero-order chi connectivity index (χ0) is 15.2. The molecule has 0 aliphatic rings. The Balaban J connectivity index is 2.33. The molecule has 1 N–H and O–H groups in total. The molecule has 0 spiro atoms. The Bertz CT molecular complexity index is 543. The Morgan fingerprint density at radius 2 is 1.81 bits per heavy atom. The van der Waals surface area contributed by atoms with E-state index >= 15 is 0 Å². The van der Waals surface area contributed by atoms with E-state index in [9.17, 15) is 0 Å². The molecule has 1 heterocycles. The molecule has 2 unspecified atom stereocenters. The van der Waals surface area contributed by atoms with Crippen molar-refractivity contribution in [3.8, 4) is 0 Å². The lowest BCUT2D eigenvalue weighted by Crippen LogP contribution is -2.27. The summed E-state index contributed by atoms with van der Waals surface area (Å²) < 4.78 is 0. The van der Waals surface area contributed by atoms with Gasteiger partial charge in [-0.25, -0.2) is 0 Å². The fraction of sp³-hybridized carbons (Fsp3) is 0.421. The van der Waals surface area contributed by atoms with Gasteiger partial charge in [0.2, 0.25) is 0 Å². The minimum atomic E-state index is 0.304. The second kappa shape index (κ2) is 7.37. The molecule has 0 bridgehead atoms. The van der Waals surface area contributed by atoms with Crippen molar-refractivity contribution >= 4 is 0 Å². The Labute approximate surface area is 128 Å². The molecule has 0 radical (unpaired) electrons. The van der Waals surface area contributed by atoms with Crippen LogP contribution in [-0.2, 0) is 0 Å². The van der Waals surface area contributed by atoms with Crippen LogP contribution in [0.25, 0.3) is 0 Å². The topological polar surface area (TPSA) is 24.9 Å². The van der Waals surface area contributed by atoms with Crippen molar-refractivity contribution in [1.29, 1.82) is 0 Å². The van der Waals surface area contributed by atoms with Gasteiger partial charge in [0.05, 0.1) is 0 Å². The molecule has 21 heavy (non-hydrogen) atoms. The summed E-state index contributed by atoms with van der Waals surface area (Å²) in [5, 5.41) is 3.70. The van der Waals surface area contributed by atoms with Crippen LogP contribution in [0.15, 0.2) is 42.6 Å². The standard InChI is InChI=1S/C19H26N2/c1-5-9-21-19(16(4)18-8-6-7-10-20-18)17-12-14(2)11-15(3)13-17/h6-8,10-13,16,19,21H,5,9H2,1-4H3. The smallest absolute Gasteiger partial charge is 0.0450 e. The molecule has 112 valence electrons. The van der Waals surface area contributed by atoms with Gasteiger partial charge >= 0.3 is 0 Å². The van der Waals surface area contributed by atoms with Crippen LogP contribution in [0, 0.1) is 13.8 Å². The number of aromatic nitrogens is 1. The Morgan fingerprint density at radius 3 is 2.38 bits per heavy atom. The highest BCUT2D eigenvalue weighted by Gasteiger charge is 2.21. The van der Waals surface area contributed by atoms with Crippen molar-refractivity contribution in [3.63, 3.8) is 0 Å². The fourth-order valence-electron chi connectivity index (χ4n) is 2.89. The molecule has 0 aliphatic heterocycles. The minimum absolute atomic E-state index is 0.304. The van der Waals surface area contributed by atoms with E-state index in [4.69, 9.17) is 0 Å². The summed E-state index contributed by atoms with van der Waals surface area (Å²) in [6.45, 7) is 9.82. The van der Waals surface area contributed by atoms with Crippen molar-refractivity contribution < 1.29 is 0 Å². The van der Waals surface area contributed by atoms with Crippen LogP contribution < -0.4 is 5.32 Å². The molecule has 0 amide bonds. The minimum Gasteiger partial charge on any atom is -0.309 e. The summed E-state index contributed by atoms with van der Waals surface area (Å²) in [4.78, 5) is 4.54. The van der Waals surface area contributed by atoms with Crippen molar-refractivity contribution in [2.24, 2.45) is 0 Å². The molecule has 0 fully saturated rings. The van der Waals surface area contributed by atoms with E-state index in [-0.39, 0.29) is 0 Å². The second-order valence-electron chi connectivity index (χ2n) is 5.90. The number of benzene rings is 1. The predicted octanol–water partition coefficient (Wildman–Crippen LogP) is 4.54. The van der Waals surface area contributed by atoms with Crippen molar-refractivity contribution in [1.82, 2.24) is 10.3 Å². The van der Waals surface area contributed by atoms with Gasteiger partial charge in [0.1, 0.15) is 0 Å². The molecule has 0 saturated carbocycles. The Morgan fingerprint density at radius 1 is 1.10 bits per heavy atom. The highest BCUT2D eigenvalue weighted by molar-refractivity contribution is 5.32. The molecular formula is C19H26N2. The monoisotopic (exact) mass is 282 g/mol. The van der Waals surface area contributed by atoms with Gasteiger partial charge in [-0.1, -0.05) is 49.2 Å². The van der Waals surface area contributed by atoms with Gasteiger partial charge in [0.25, 0.3) is 0 Å². The zero-order valence-electron chi connectivity index (χ0n) is 13.6. The third-order valence-electron chi connectivity index (χ3n) is 3.87. The van der Waals surface area contributed by atoms with Gasteiger partial charge in [-0.15, -0.1) is 0 Å². The van der Waals surface area contributed by atoms with E-state index in [1.807, 2.05) is 12.3 Å². The summed E-state index contributed by atoms with van der Waals surface area (Å²) in [5.74, 6) is 0.346. The largest absolute Gasteiger partial charge is 0.309 e. The van der Waals surface area contributed by atoms with Crippen LogP contribution in [0.4, 0.5) is 0 Å². The number of nitrogens with zero attached hydrogens (tertiary/aromatic N) is 1. The maximum absolute atomic E-state index is 4.54. The number of rotatable bonds is 6. The molecule has 1 aromatic carbocycles. The van der Waals surface area contributed by atoms with Crippen molar-refractivity contribution in [2.75, 3.05) is 6.54 Å². The summed E-state index contributed by atoms with van der Waals surface area (Å²) in [5.41, 5.74) is 5.15. The van der Waals surface area contributed by atoms with Gasteiger partial charge in [-0.3, -0.25) is 4.98 Å². The van der Waals surface area contributed by atoms with Crippen LogP contribution in [0.3, 0.4) is 0 Å². The van der Waals surface area contributed by atoms with Crippen LogP contribution in [-0.4, -0.2) is 11.5 Å². The summed E-state index contributed by atoms with van der Waals surface area (Å²) in [6, 6.07) is 13.3. The van der Waals surface area contributed by atoms with Crippen LogP contribution >= 0.6 is 0 Å². The molecule has 2 aromatic rings. The number of nitrogens with one attached hydrogen (secondary N) is 1. The first-order valence-corrected chi connectivity index (χ1v) is 7.84. The average molecular weight is 282 g/mol. The van der Waals surface area contributed by atoms with Crippen LogP contribution in [0.2, 0.25) is 0 Å². The van der Waals surface area contributed by atoms with Crippen molar-refractivity contribution in [2.45, 2.75) is 46.1 Å². The summed E-state index contributed by atoms with van der Waals surface area (Å²) >= 11 is 0. The molecule has 2 atom stereocenters. The summed E-state index contributed by atoms with van der Waals surface area (Å²) in [6.07, 6.45) is 3.01. The summed E-state index contributed by atoms with van der Waals surface area (Å²) in [7, 11) is 0. The normalized spacial score (nSPS) is 13.9. The van der Waals surface area contributed by atoms with Gasteiger partial charge in [-0.05, 0) is 44.5 Å². The Kier molecular flexibility index (Phi) is 5.51. The van der Waals surface area contributed by atoms with Gasteiger partial charge < -0.3 is 5.32 Å². The van der Waals surface area contributed by atoms with Gasteiger partial charge in [0.15, 0.2) is 0 Å². The van der Waals surface area contributed by atoms with Crippen molar-refractivity contribution in [3.05, 3.63) is 65.0 Å². The lowest BCUT2D eigenvalue weighted by atomic mass is 9.89. The third-order valence-corrected chi connectivity index (χ3v) is 3.87. The zero-order valence-corrected chi connectivity index (χ0v) is 13.6. The van der Waals surface area contributed by atoms with E-state index in [2.05, 4.69) is 68.3 Å². The SMILES string of the molecule is CCCNC(c1cc(C)cc(C)c1)C(C)c1ccccn1. The molecule has 0 saturated heterocycles. The third kappa shape index (κ3) is 4.15. The number of pyridine rings is 1. The van der Waals surface area contributed by atoms with E-state index in [1.54, 1.807) is 0 Å². The second-order valence-corrected chi connectivity index (χ2v) is 5.90. The molecule has 1 aromatic heterocycles. The lowest BCUT2D eigenvalue weighted by molar-refractivity contribution is 0.459. The first-order chi connectivity index (χ1) is 10.1. The quantitative estimate of drug-likeness (QED) is 0.841. The van der Waals surface area contributed by atoms with Gasteiger partial charge in [0, 0.05) is 23.9 Å². The lowest BCUT2D eigenvalue weighted by Gasteiger charge is -2.26. The molecule has 2 rings (SSSR count).